The van der Waals surface area contributed by atoms with Crippen molar-refractivity contribution in [3.63, 3.8) is 0 Å². The van der Waals surface area contributed by atoms with Crippen molar-refractivity contribution >= 4 is 11.8 Å². The molecule has 0 radical (unpaired) electrons. The van der Waals surface area contributed by atoms with Crippen LogP contribution in [0.15, 0.2) is 0 Å². The number of amides is 2. The SMILES string of the molecule is O=C1NC(=O)[C@H]2[C@@H]1[C@H]1C[C@@H]2C(O)C1O. The second kappa shape index (κ2) is 2.35. The van der Waals surface area contributed by atoms with E-state index in [0.717, 1.165) is 0 Å². The fraction of sp³-hybridized carbons (Fsp3) is 0.778. The van der Waals surface area contributed by atoms with Crippen LogP contribution in [0.25, 0.3) is 0 Å². The van der Waals surface area contributed by atoms with E-state index in [4.69, 9.17) is 0 Å². The number of fused-ring (bicyclic) bond motifs is 5. The van der Waals surface area contributed by atoms with Crippen LogP contribution in [-0.2, 0) is 9.59 Å². The molecular formula is C9H11NO4. The summed E-state index contributed by atoms with van der Waals surface area (Å²) >= 11 is 0. The van der Waals surface area contributed by atoms with E-state index in [1.807, 2.05) is 0 Å². The summed E-state index contributed by atoms with van der Waals surface area (Å²) in [4.78, 5) is 22.8. The molecule has 2 aliphatic carbocycles. The summed E-state index contributed by atoms with van der Waals surface area (Å²) in [6.07, 6.45) is -1.08. The topological polar surface area (TPSA) is 86.6 Å². The van der Waals surface area contributed by atoms with Crippen molar-refractivity contribution in [2.45, 2.75) is 18.6 Å². The molecule has 0 aromatic rings. The van der Waals surface area contributed by atoms with Crippen LogP contribution in [-0.4, -0.2) is 34.2 Å². The van der Waals surface area contributed by atoms with Gasteiger partial charge in [-0.25, -0.2) is 0 Å². The molecule has 2 saturated carbocycles. The number of aliphatic hydroxyl groups excluding tert-OH is 2. The van der Waals surface area contributed by atoms with E-state index in [1.54, 1.807) is 0 Å². The van der Waals surface area contributed by atoms with Crippen molar-refractivity contribution in [3.05, 3.63) is 0 Å². The maximum Gasteiger partial charge on any atom is 0.230 e. The van der Waals surface area contributed by atoms with Crippen molar-refractivity contribution in [3.8, 4) is 0 Å². The van der Waals surface area contributed by atoms with Crippen LogP contribution in [0.5, 0.6) is 0 Å². The smallest absolute Gasteiger partial charge is 0.230 e. The van der Waals surface area contributed by atoms with Crippen LogP contribution in [0, 0.1) is 23.7 Å². The first-order chi connectivity index (χ1) is 6.61. The lowest BCUT2D eigenvalue weighted by molar-refractivity contribution is -0.129. The summed E-state index contributed by atoms with van der Waals surface area (Å²) in [5.74, 6) is -1.81. The summed E-state index contributed by atoms with van der Waals surface area (Å²) in [5.41, 5.74) is 0. The minimum atomic E-state index is -0.835. The molecule has 2 bridgehead atoms. The van der Waals surface area contributed by atoms with E-state index in [1.165, 1.54) is 0 Å². The highest BCUT2D eigenvalue weighted by atomic mass is 16.3. The van der Waals surface area contributed by atoms with Crippen LogP contribution >= 0.6 is 0 Å². The minimum absolute atomic E-state index is 0.230. The van der Waals surface area contributed by atoms with Gasteiger partial charge in [0.15, 0.2) is 0 Å². The van der Waals surface area contributed by atoms with Crippen molar-refractivity contribution in [1.29, 1.82) is 0 Å². The maximum absolute atomic E-state index is 11.4. The van der Waals surface area contributed by atoms with Gasteiger partial charge in [-0.2, -0.15) is 0 Å². The van der Waals surface area contributed by atoms with Crippen LogP contribution in [0.1, 0.15) is 6.42 Å². The van der Waals surface area contributed by atoms with Gasteiger partial charge in [-0.1, -0.05) is 0 Å². The first-order valence-corrected chi connectivity index (χ1v) is 4.82. The van der Waals surface area contributed by atoms with Crippen LogP contribution in [0.2, 0.25) is 0 Å². The van der Waals surface area contributed by atoms with Crippen LogP contribution in [0.4, 0.5) is 0 Å². The summed E-state index contributed by atoms with van der Waals surface area (Å²) in [7, 11) is 0. The molecule has 3 N–H and O–H groups in total. The number of nitrogens with one attached hydrogen (secondary N) is 1. The highest BCUT2D eigenvalue weighted by molar-refractivity contribution is 6.06. The number of aliphatic hydroxyl groups is 2. The van der Waals surface area contributed by atoms with Gasteiger partial charge in [-0.15, -0.1) is 0 Å². The molecule has 2 unspecified atom stereocenters. The van der Waals surface area contributed by atoms with Gasteiger partial charge in [0.05, 0.1) is 24.0 Å². The molecule has 76 valence electrons. The second-order valence-corrected chi connectivity index (χ2v) is 4.45. The summed E-state index contributed by atoms with van der Waals surface area (Å²) in [6.45, 7) is 0. The Bertz CT molecular complexity index is 299. The molecule has 3 aliphatic rings. The van der Waals surface area contributed by atoms with E-state index < -0.39 is 24.0 Å². The van der Waals surface area contributed by atoms with Gasteiger partial charge >= 0.3 is 0 Å². The lowest BCUT2D eigenvalue weighted by Gasteiger charge is -2.29. The Kier molecular flexibility index (Phi) is 1.41. The van der Waals surface area contributed by atoms with E-state index in [-0.39, 0.29) is 23.7 Å². The molecule has 3 rings (SSSR count). The zero-order chi connectivity index (χ0) is 10.0. The van der Waals surface area contributed by atoms with Crippen molar-refractivity contribution in [1.82, 2.24) is 5.32 Å². The predicted octanol–water partition coefficient (Wildman–Crippen LogP) is -1.75. The summed E-state index contributed by atoms with van der Waals surface area (Å²) in [6, 6.07) is 0. The number of imide groups is 1. The molecule has 14 heavy (non-hydrogen) atoms. The third-order valence-corrected chi connectivity index (χ3v) is 3.93. The molecular weight excluding hydrogens is 186 g/mol. The zero-order valence-corrected chi connectivity index (χ0v) is 7.38. The molecule has 1 heterocycles. The van der Waals surface area contributed by atoms with Gasteiger partial charge in [0.25, 0.3) is 0 Å². The highest BCUT2D eigenvalue weighted by Crippen LogP contribution is 2.54. The predicted molar refractivity (Wildman–Crippen MR) is 43.7 cm³/mol. The summed E-state index contributed by atoms with van der Waals surface area (Å²) < 4.78 is 0. The van der Waals surface area contributed by atoms with E-state index in [9.17, 15) is 19.8 Å². The number of hydrogen-bond acceptors (Lipinski definition) is 4. The van der Waals surface area contributed by atoms with E-state index >= 15 is 0 Å². The minimum Gasteiger partial charge on any atom is -0.390 e. The van der Waals surface area contributed by atoms with Gasteiger partial charge in [-0.3, -0.25) is 14.9 Å². The normalized spacial score (nSPS) is 55.0. The van der Waals surface area contributed by atoms with Crippen molar-refractivity contribution < 1.29 is 19.8 Å². The van der Waals surface area contributed by atoms with Gasteiger partial charge in [0, 0.05) is 11.8 Å². The Balaban J connectivity index is 2.01. The molecule has 0 spiro atoms. The first-order valence-electron chi connectivity index (χ1n) is 4.82. The zero-order valence-electron chi connectivity index (χ0n) is 7.38. The fourth-order valence-corrected chi connectivity index (χ4v) is 3.35. The number of rotatable bonds is 0. The van der Waals surface area contributed by atoms with E-state index in [0.29, 0.717) is 6.42 Å². The molecule has 5 nitrogen and oxygen atoms in total. The Labute approximate surface area is 80.1 Å². The van der Waals surface area contributed by atoms with E-state index in [2.05, 4.69) is 5.32 Å². The van der Waals surface area contributed by atoms with Crippen molar-refractivity contribution in [2.24, 2.45) is 23.7 Å². The molecule has 2 amide bonds. The third kappa shape index (κ3) is 0.734. The number of hydrogen-bond donors (Lipinski definition) is 3. The van der Waals surface area contributed by atoms with Gasteiger partial charge < -0.3 is 10.2 Å². The fourth-order valence-electron chi connectivity index (χ4n) is 3.35. The summed E-state index contributed by atoms with van der Waals surface area (Å²) in [5, 5.41) is 21.5. The van der Waals surface area contributed by atoms with Crippen molar-refractivity contribution in [2.75, 3.05) is 0 Å². The Morgan fingerprint density at radius 3 is 1.86 bits per heavy atom. The quantitative estimate of drug-likeness (QED) is 0.402. The monoisotopic (exact) mass is 197 g/mol. The molecule has 5 heteroatoms. The number of carbonyl (C=O) groups is 2. The van der Waals surface area contributed by atoms with Crippen LogP contribution in [0.3, 0.4) is 0 Å². The molecule has 0 aromatic carbocycles. The Hall–Kier alpha value is -0.940. The second-order valence-electron chi connectivity index (χ2n) is 4.45. The average molecular weight is 197 g/mol. The lowest BCUT2D eigenvalue weighted by Crippen LogP contribution is -2.43. The Morgan fingerprint density at radius 2 is 1.43 bits per heavy atom. The number of carbonyl (C=O) groups excluding carboxylic acids is 2. The molecule has 6 atom stereocenters. The molecule has 1 aliphatic heterocycles. The van der Waals surface area contributed by atoms with Crippen LogP contribution < -0.4 is 5.32 Å². The average Bonchev–Trinajstić information content (AvgIpc) is 2.71. The van der Waals surface area contributed by atoms with Gasteiger partial charge in [-0.05, 0) is 6.42 Å². The third-order valence-electron chi connectivity index (χ3n) is 3.93. The van der Waals surface area contributed by atoms with Gasteiger partial charge in [0.1, 0.15) is 0 Å². The standard InChI is InChI=1S/C9H11NO4/c11-6-2-1-3(7(6)12)5-4(2)8(13)10-9(5)14/h2-7,11-12H,1H2,(H,10,13,14)/t2-,3+,4+,5-,6?,7?. The lowest BCUT2D eigenvalue weighted by atomic mass is 9.78. The van der Waals surface area contributed by atoms with Gasteiger partial charge in [0.2, 0.25) is 11.8 Å². The molecule has 3 fully saturated rings. The molecule has 1 saturated heterocycles. The first kappa shape index (κ1) is 8.38. The maximum atomic E-state index is 11.4. The highest BCUT2D eigenvalue weighted by Gasteiger charge is 2.64. The largest absolute Gasteiger partial charge is 0.390 e. The molecule has 0 aromatic heterocycles. The Morgan fingerprint density at radius 1 is 1.00 bits per heavy atom.